The lowest BCUT2D eigenvalue weighted by molar-refractivity contribution is -0.161. The second kappa shape index (κ2) is 8.38. The molecule has 0 aliphatic carbocycles. The SMILES string of the molecule is C[C@@H]1C(=O)N[C@H](C(F)(F)F)CCN1C(=O)C[C@H](N)Cc1cc(F)c(F)cc1F. The molecule has 3 atom stereocenters. The van der Waals surface area contributed by atoms with E-state index >= 15 is 0 Å². The summed E-state index contributed by atoms with van der Waals surface area (Å²) in [6.45, 7) is 0.960. The number of alkyl halides is 3. The Morgan fingerprint density at radius 2 is 1.86 bits per heavy atom. The van der Waals surface area contributed by atoms with E-state index in [9.17, 15) is 35.9 Å². The molecule has 0 aromatic heterocycles. The average Bonchev–Trinajstić information content (AvgIpc) is 2.72. The van der Waals surface area contributed by atoms with Gasteiger partial charge in [0.25, 0.3) is 0 Å². The summed E-state index contributed by atoms with van der Waals surface area (Å²) in [6.07, 6.45) is -5.87. The Kier molecular flexibility index (Phi) is 6.58. The van der Waals surface area contributed by atoms with Gasteiger partial charge in [0.05, 0.1) is 0 Å². The Bertz CT molecular complexity index is 755. The summed E-state index contributed by atoms with van der Waals surface area (Å²) in [6, 6.07) is -3.23. The topological polar surface area (TPSA) is 75.4 Å². The Hall–Kier alpha value is -2.30. The third-order valence-corrected chi connectivity index (χ3v) is 4.55. The number of hydrogen-bond donors (Lipinski definition) is 2. The Morgan fingerprint density at radius 1 is 1.25 bits per heavy atom. The number of carbonyl (C=O) groups excluding carboxylic acids is 2. The van der Waals surface area contributed by atoms with E-state index in [4.69, 9.17) is 5.73 Å². The van der Waals surface area contributed by atoms with Crippen LogP contribution in [0.25, 0.3) is 0 Å². The summed E-state index contributed by atoms with van der Waals surface area (Å²) in [5.41, 5.74) is 5.54. The second-order valence-corrected chi connectivity index (χ2v) is 6.68. The smallest absolute Gasteiger partial charge is 0.343 e. The maximum Gasteiger partial charge on any atom is 0.408 e. The van der Waals surface area contributed by atoms with Crippen LogP contribution in [0.2, 0.25) is 0 Å². The van der Waals surface area contributed by atoms with Gasteiger partial charge in [-0.2, -0.15) is 13.2 Å². The number of amides is 2. The van der Waals surface area contributed by atoms with Crippen molar-refractivity contribution in [3.63, 3.8) is 0 Å². The lowest BCUT2D eigenvalue weighted by atomic mass is 10.0. The normalized spacial score (nSPS) is 21.9. The lowest BCUT2D eigenvalue weighted by Gasteiger charge is -2.26. The zero-order valence-electron chi connectivity index (χ0n) is 14.8. The van der Waals surface area contributed by atoms with Crippen LogP contribution in [0.1, 0.15) is 25.3 Å². The average molecular weight is 411 g/mol. The number of nitrogens with two attached hydrogens (primary N) is 1. The molecule has 1 aromatic rings. The number of benzene rings is 1. The third kappa shape index (κ3) is 5.15. The fourth-order valence-corrected chi connectivity index (χ4v) is 2.97. The molecule has 28 heavy (non-hydrogen) atoms. The van der Waals surface area contributed by atoms with Gasteiger partial charge in [0.2, 0.25) is 11.8 Å². The van der Waals surface area contributed by atoms with Crippen LogP contribution in [0.4, 0.5) is 26.3 Å². The predicted molar refractivity (Wildman–Crippen MR) is 86.4 cm³/mol. The molecule has 0 spiro atoms. The summed E-state index contributed by atoms with van der Waals surface area (Å²) in [7, 11) is 0. The third-order valence-electron chi connectivity index (χ3n) is 4.55. The minimum Gasteiger partial charge on any atom is -0.343 e. The first-order valence-electron chi connectivity index (χ1n) is 8.45. The molecule has 11 heteroatoms. The highest BCUT2D eigenvalue weighted by Crippen LogP contribution is 2.25. The molecule has 2 amide bonds. The molecule has 0 unspecified atom stereocenters. The molecule has 5 nitrogen and oxygen atoms in total. The predicted octanol–water partition coefficient (Wildman–Crippen LogP) is 2.03. The zero-order chi connectivity index (χ0) is 21.2. The van der Waals surface area contributed by atoms with Crippen LogP contribution in [-0.4, -0.2) is 47.6 Å². The van der Waals surface area contributed by atoms with Crippen molar-refractivity contribution in [3.05, 3.63) is 35.1 Å². The van der Waals surface area contributed by atoms with E-state index < -0.39 is 66.4 Å². The van der Waals surface area contributed by atoms with Crippen LogP contribution in [0.5, 0.6) is 0 Å². The first-order valence-corrected chi connectivity index (χ1v) is 8.45. The zero-order valence-corrected chi connectivity index (χ0v) is 14.8. The van der Waals surface area contributed by atoms with Gasteiger partial charge in [0, 0.05) is 25.1 Å². The van der Waals surface area contributed by atoms with Crippen LogP contribution >= 0.6 is 0 Å². The Balaban J connectivity index is 2.05. The molecule has 0 saturated carbocycles. The van der Waals surface area contributed by atoms with Crippen molar-refractivity contribution in [2.24, 2.45) is 5.73 Å². The Morgan fingerprint density at radius 3 is 2.46 bits per heavy atom. The number of hydrogen-bond acceptors (Lipinski definition) is 3. The molecule has 156 valence electrons. The molecule has 1 saturated heterocycles. The number of rotatable bonds is 4. The lowest BCUT2D eigenvalue weighted by Crippen LogP contribution is -2.49. The summed E-state index contributed by atoms with van der Waals surface area (Å²) in [4.78, 5) is 25.3. The largest absolute Gasteiger partial charge is 0.408 e. The van der Waals surface area contributed by atoms with Crippen molar-refractivity contribution in [1.29, 1.82) is 0 Å². The summed E-state index contributed by atoms with van der Waals surface area (Å²) in [5, 5.41) is 1.85. The van der Waals surface area contributed by atoms with Gasteiger partial charge < -0.3 is 16.0 Å². The molecule has 3 N–H and O–H groups in total. The number of nitrogens with zero attached hydrogens (tertiary/aromatic N) is 1. The van der Waals surface area contributed by atoms with Crippen LogP contribution < -0.4 is 11.1 Å². The van der Waals surface area contributed by atoms with E-state index in [0.29, 0.717) is 12.1 Å². The van der Waals surface area contributed by atoms with Crippen LogP contribution in [0.3, 0.4) is 0 Å². The van der Waals surface area contributed by atoms with Crippen molar-refractivity contribution in [2.75, 3.05) is 6.54 Å². The van der Waals surface area contributed by atoms with E-state index in [0.717, 1.165) is 4.90 Å². The van der Waals surface area contributed by atoms with Gasteiger partial charge in [-0.25, -0.2) is 13.2 Å². The van der Waals surface area contributed by atoms with E-state index in [1.54, 1.807) is 0 Å². The van der Waals surface area contributed by atoms with E-state index in [1.165, 1.54) is 6.92 Å². The van der Waals surface area contributed by atoms with E-state index in [-0.39, 0.29) is 18.5 Å². The number of halogens is 6. The van der Waals surface area contributed by atoms with E-state index in [2.05, 4.69) is 0 Å². The number of carbonyl (C=O) groups is 2. The van der Waals surface area contributed by atoms with Crippen molar-refractivity contribution < 1.29 is 35.9 Å². The molecule has 1 heterocycles. The van der Waals surface area contributed by atoms with Crippen molar-refractivity contribution in [3.8, 4) is 0 Å². The highest BCUT2D eigenvalue weighted by atomic mass is 19.4. The standard InChI is InChI=1S/C17H19F6N3O2/c1-8-16(28)25-14(17(21,22)23)2-3-26(8)15(27)6-10(24)4-9-5-12(19)13(20)7-11(9)18/h5,7-8,10,14H,2-4,6,24H2,1H3,(H,25,28)/t8-,10-,14+/m1/s1. The van der Waals surface area contributed by atoms with Gasteiger partial charge in [-0.1, -0.05) is 0 Å². The molecule has 1 fully saturated rings. The number of nitrogens with one attached hydrogen (secondary N) is 1. The first kappa shape index (κ1) is 22.0. The fourth-order valence-electron chi connectivity index (χ4n) is 2.97. The molecule has 1 aromatic carbocycles. The molecular weight excluding hydrogens is 392 g/mol. The molecule has 1 aliphatic heterocycles. The summed E-state index contributed by atoms with van der Waals surface area (Å²) < 4.78 is 78.5. The maximum absolute atomic E-state index is 13.7. The first-order chi connectivity index (χ1) is 12.9. The van der Waals surface area contributed by atoms with Gasteiger partial charge in [0.1, 0.15) is 17.9 Å². The van der Waals surface area contributed by atoms with E-state index in [1.807, 2.05) is 5.32 Å². The fraction of sp³-hybridized carbons (Fsp3) is 0.529. The van der Waals surface area contributed by atoms with Crippen molar-refractivity contribution in [1.82, 2.24) is 10.2 Å². The minimum absolute atomic E-state index is 0.238. The molecule has 0 bridgehead atoms. The molecule has 2 rings (SSSR count). The molecule has 0 radical (unpaired) electrons. The van der Waals surface area contributed by atoms with Crippen LogP contribution in [0, 0.1) is 17.5 Å². The monoisotopic (exact) mass is 411 g/mol. The van der Waals surface area contributed by atoms with Crippen molar-refractivity contribution in [2.45, 2.75) is 50.5 Å². The van der Waals surface area contributed by atoms with Gasteiger partial charge in [-0.3, -0.25) is 9.59 Å². The Labute approximate surface area is 156 Å². The van der Waals surface area contributed by atoms with Gasteiger partial charge >= 0.3 is 6.18 Å². The minimum atomic E-state index is -4.64. The molecular formula is C17H19F6N3O2. The second-order valence-electron chi connectivity index (χ2n) is 6.68. The van der Waals surface area contributed by atoms with Gasteiger partial charge in [-0.15, -0.1) is 0 Å². The van der Waals surface area contributed by atoms with Crippen LogP contribution in [-0.2, 0) is 16.0 Å². The van der Waals surface area contributed by atoms with Crippen LogP contribution in [0.15, 0.2) is 12.1 Å². The van der Waals surface area contributed by atoms with Gasteiger partial charge in [0.15, 0.2) is 11.6 Å². The van der Waals surface area contributed by atoms with Crippen molar-refractivity contribution >= 4 is 11.8 Å². The maximum atomic E-state index is 13.7. The summed E-state index contributed by atoms with van der Waals surface area (Å²) in [5.74, 6) is -5.31. The molecule has 1 aliphatic rings. The summed E-state index contributed by atoms with van der Waals surface area (Å²) >= 11 is 0. The highest BCUT2D eigenvalue weighted by Gasteiger charge is 2.44. The quantitative estimate of drug-likeness (QED) is 0.588. The van der Waals surface area contributed by atoms with Gasteiger partial charge in [-0.05, 0) is 31.4 Å². The highest BCUT2D eigenvalue weighted by molar-refractivity contribution is 5.88.